The van der Waals surface area contributed by atoms with Crippen molar-refractivity contribution in [2.75, 3.05) is 29.9 Å². The van der Waals surface area contributed by atoms with Gasteiger partial charge in [-0.25, -0.2) is 4.79 Å². The van der Waals surface area contributed by atoms with Gasteiger partial charge in [-0.3, -0.25) is 9.69 Å². The van der Waals surface area contributed by atoms with Crippen LogP contribution < -0.4 is 21.3 Å². The number of urea groups is 1. The third-order valence-electron chi connectivity index (χ3n) is 3.43. The lowest BCUT2D eigenvalue weighted by Gasteiger charge is -2.14. The van der Waals surface area contributed by atoms with E-state index >= 15 is 0 Å². The van der Waals surface area contributed by atoms with E-state index in [4.69, 9.17) is 5.73 Å². The molecule has 0 radical (unpaired) electrons. The third kappa shape index (κ3) is 4.46. The van der Waals surface area contributed by atoms with Crippen LogP contribution in [0.3, 0.4) is 0 Å². The predicted molar refractivity (Wildman–Crippen MR) is 83.3 cm³/mol. The Morgan fingerprint density at radius 2 is 2.00 bits per heavy atom. The van der Waals surface area contributed by atoms with Crippen LogP contribution in [0.15, 0.2) is 24.3 Å². The SMILES string of the molecule is NCCCCCC(=O)Nc1ccc(N2CCNC2=O)cc1. The van der Waals surface area contributed by atoms with Gasteiger partial charge in [0.1, 0.15) is 0 Å². The quantitative estimate of drug-likeness (QED) is 0.668. The molecule has 2 rings (SSSR count). The average Bonchev–Trinajstić information content (AvgIpc) is 2.91. The van der Waals surface area contributed by atoms with E-state index in [0.717, 1.165) is 30.6 Å². The Hall–Kier alpha value is -2.08. The van der Waals surface area contributed by atoms with Crippen molar-refractivity contribution in [3.63, 3.8) is 0 Å². The molecule has 0 atom stereocenters. The van der Waals surface area contributed by atoms with Crippen molar-refractivity contribution in [2.24, 2.45) is 5.73 Å². The van der Waals surface area contributed by atoms with Gasteiger partial charge < -0.3 is 16.4 Å². The maximum absolute atomic E-state index is 11.8. The molecule has 1 saturated heterocycles. The zero-order valence-electron chi connectivity index (χ0n) is 12.1. The summed E-state index contributed by atoms with van der Waals surface area (Å²) in [5, 5.41) is 5.62. The number of nitrogens with one attached hydrogen (secondary N) is 2. The van der Waals surface area contributed by atoms with E-state index in [2.05, 4.69) is 10.6 Å². The predicted octanol–water partition coefficient (Wildman–Crippen LogP) is 1.67. The molecule has 3 amide bonds. The van der Waals surface area contributed by atoms with Gasteiger partial charge in [-0.1, -0.05) is 6.42 Å². The number of nitrogens with zero attached hydrogens (tertiary/aromatic N) is 1. The fourth-order valence-corrected chi connectivity index (χ4v) is 2.27. The van der Waals surface area contributed by atoms with Crippen LogP contribution in [0.1, 0.15) is 25.7 Å². The lowest BCUT2D eigenvalue weighted by Crippen LogP contribution is -2.27. The van der Waals surface area contributed by atoms with Crippen LogP contribution >= 0.6 is 0 Å². The summed E-state index contributed by atoms with van der Waals surface area (Å²) >= 11 is 0. The summed E-state index contributed by atoms with van der Waals surface area (Å²) in [5.41, 5.74) is 7.00. The molecular formula is C15H22N4O2. The van der Waals surface area contributed by atoms with Gasteiger partial charge in [0.2, 0.25) is 5.91 Å². The molecule has 4 N–H and O–H groups in total. The number of carbonyl (C=O) groups excluding carboxylic acids is 2. The monoisotopic (exact) mass is 290 g/mol. The van der Waals surface area contributed by atoms with Crippen LogP contribution in [-0.2, 0) is 4.79 Å². The normalized spacial score (nSPS) is 14.1. The second-order valence-corrected chi connectivity index (χ2v) is 5.08. The highest BCUT2D eigenvalue weighted by Crippen LogP contribution is 2.19. The zero-order chi connectivity index (χ0) is 15.1. The molecule has 1 aliphatic heterocycles. The molecular weight excluding hydrogens is 268 g/mol. The average molecular weight is 290 g/mol. The molecule has 21 heavy (non-hydrogen) atoms. The fraction of sp³-hybridized carbons (Fsp3) is 0.467. The van der Waals surface area contributed by atoms with Crippen LogP contribution in [0.25, 0.3) is 0 Å². The summed E-state index contributed by atoms with van der Waals surface area (Å²) in [6, 6.07) is 7.24. The Balaban J connectivity index is 1.82. The number of anilines is 2. The van der Waals surface area contributed by atoms with E-state index in [9.17, 15) is 9.59 Å². The van der Waals surface area contributed by atoms with E-state index < -0.39 is 0 Å². The van der Waals surface area contributed by atoms with Gasteiger partial charge in [0.05, 0.1) is 0 Å². The lowest BCUT2D eigenvalue weighted by atomic mass is 10.2. The number of carbonyl (C=O) groups is 2. The second-order valence-electron chi connectivity index (χ2n) is 5.08. The molecule has 1 heterocycles. The first kappa shape index (κ1) is 15.3. The molecule has 0 bridgehead atoms. The van der Waals surface area contributed by atoms with Crippen LogP contribution in [-0.4, -0.2) is 31.6 Å². The molecule has 6 heteroatoms. The maximum Gasteiger partial charge on any atom is 0.321 e. The molecule has 0 spiro atoms. The highest BCUT2D eigenvalue weighted by Gasteiger charge is 2.20. The summed E-state index contributed by atoms with van der Waals surface area (Å²) < 4.78 is 0. The van der Waals surface area contributed by atoms with Crippen LogP contribution in [0, 0.1) is 0 Å². The van der Waals surface area contributed by atoms with Gasteiger partial charge in [0.15, 0.2) is 0 Å². The Bertz CT molecular complexity index is 487. The number of hydrogen-bond donors (Lipinski definition) is 3. The zero-order valence-corrected chi connectivity index (χ0v) is 12.1. The first-order valence-corrected chi connectivity index (χ1v) is 7.36. The minimum atomic E-state index is -0.0771. The van der Waals surface area contributed by atoms with Crippen LogP contribution in [0.4, 0.5) is 16.2 Å². The minimum absolute atomic E-state index is 0.0127. The van der Waals surface area contributed by atoms with Gasteiger partial charge in [0, 0.05) is 30.9 Å². The summed E-state index contributed by atoms with van der Waals surface area (Å²) in [6.07, 6.45) is 3.30. The molecule has 1 aromatic carbocycles. The molecule has 0 saturated carbocycles. The maximum atomic E-state index is 11.8. The van der Waals surface area contributed by atoms with Crippen molar-refractivity contribution in [2.45, 2.75) is 25.7 Å². The molecule has 0 unspecified atom stereocenters. The molecule has 1 fully saturated rings. The van der Waals surface area contributed by atoms with E-state index in [0.29, 0.717) is 26.1 Å². The molecule has 1 aliphatic rings. The second kappa shape index (κ2) is 7.64. The van der Waals surface area contributed by atoms with Crippen molar-refractivity contribution in [1.29, 1.82) is 0 Å². The summed E-state index contributed by atoms with van der Waals surface area (Å²) in [7, 11) is 0. The minimum Gasteiger partial charge on any atom is -0.336 e. The third-order valence-corrected chi connectivity index (χ3v) is 3.43. The number of hydrogen-bond acceptors (Lipinski definition) is 3. The molecule has 1 aromatic rings. The number of rotatable bonds is 7. The van der Waals surface area contributed by atoms with E-state index in [1.165, 1.54) is 0 Å². The standard InChI is InChI=1S/C15H22N4O2/c16-9-3-1-2-4-14(20)18-12-5-7-13(8-6-12)19-11-10-17-15(19)21/h5-8H,1-4,9-11,16H2,(H,17,21)(H,18,20). The van der Waals surface area contributed by atoms with Gasteiger partial charge in [0.25, 0.3) is 0 Å². The van der Waals surface area contributed by atoms with Gasteiger partial charge in [-0.05, 0) is 43.7 Å². The molecule has 114 valence electrons. The molecule has 0 aliphatic carbocycles. The van der Waals surface area contributed by atoms with Gasteiger partial charge in [-0.2, -0.15) is 0 Å². The number of benzene rings is 1. The smallest absolute Gasteiger partial charge is 0.321 e. The van der Waals surface area contributed by atoms with E-state index in [-0.39, 0.29) is 11.9 Å². The van der Waals surface area contributed by atoms with Crippen molar-refractivity contribution in [1.82, 2.24) is 5.32 Å². The fourth-order valence-electron chi connectivity index (χ4n) is 2.27. The molecule has 6 nitrogen and oxygen atoms in total. The first-order chi connectivity index (χ1) is 10.2. The number of unbranched alkanes of at least 4 members (excludes halogenated alkanes) is 2. The van der Waals surface area contributed by atoms with Crippen LogP contribution in [0.2, 0.25) is 0 Å². The first-order valence-electron chi connectivity index (χ1n) is 7.36. The summed E-state index contributed by atoms with van der Waals surface area (Å²) in [5.74, 6) is 0.0127. The summed E-state index contributed by atoms with van der Waals surface area (Å²) in [4.78, 5) is 25.0. The van der Waals surface area contributed by atoms with Gasteiger partial charge >= 0.3 is 6.03 Å². The number of amides is 3. The topological polar surface area (TPSA) is 87.5 Å². The Kier molecular flexibility index (Phi) is 5.57. The Morgan fingerprint density at radius 1 is 1.24 bits per heavy atom. The largest absolute Gasteiger partial charge is 0.336 e. The van der Waals surface area contributed by atoms with E-state index in [1.54, 1.807) is 4.90 Å². The van der Waals surface area contributed by atoms with Crippen molar-refractivity contribution >= 4 is 23.3 Å². The van der Waals surface area contributed by atoms with E-state index in [1.807, 2.05) is 24.3 Å². The highest BCUT2D eigenvalue weighted by atomic mass is 16.2. The van der Waals surface area contributed by atoms with Gasteiger partial charge in [-0.15, -0.1) is 0 Å². The number of nitrogens with two attached hydrogens (primary N) is 1. The van der Waals surface area contributed by atoms with Crippen LogP contribution in [0.5, 0.6) is 0 Å². The Morgan fingerprint density at radius 3 is 2.62 bits per heavy atom. The highest BCUT2D eigenvalue weighted by molar-refractivity contribution is 5.95. The lowest BCUT2D eigenvalue weighted by molar-refractivity contribution is -0.116. The van der Waals surface area contributed by atoms with Crippen molar-refractivity contribution in [3.8, 4) is 0 Å². The van der Waals surface area contributed by atoms with Crippen molar-refractivity contribution < 1.29 is 9.59 Å². The Labute approximate surface area is 124 Å². The molecule has 0 aromatic heterocycles. The van der Waals surface area contributed by atoms with Crippen molar-refractivity contribution in [3.05, 3.63) is 24.3 Å². The summed E-state index contributed by atoms with van der Waals surface area (Å²) in [6.45, 7) is 2.01.